The summed E-state index contributed by atoms with van der Waals surface area (Å²) in [5.74, 6) is 1.45. The van der Waals surface area contributed by atoms with E-state index in [9.17, 15) is 0 Å². The quantitative estimate of drug-likeness (QED) is 0.714. The summed E-state index contributed by atoms with van der Waals surface area (Å²) in [5, 5.41) is 5.02. The molecule has 24 heavy (non-hydrogen) atoms. The van der Waals surface area contributed by atoms with Gasteiger partial charge in [-0.25, -0.2) is 4.98 Å². The van der Waals surface area contributed by atoms with Crippen LogP contribution in [-0.4, -0.2) is 26.6 Å². The average molecular weight is 340 g/mol. The standard InChI is InChI=1S/C18H20N4OS/c1-12-6-3-4-7-15(12)18-19-10-14(24-18)11-22-9-5-8-16(22)17-20-13(2)21-23-17/h3-4,6-7,10,16H,5,8-9,11H2,1-2H3/t16-/m1/s1. The summed E-state index contributed by atoms with van der Waals surface area (Å²) >= 11 is 1.77. The number of thiazole rings is 1. The van der Waals surface area contributed by atoms with Crippen molar-refractivity contribution in [2.45, 2.75) is 39.3 Å². The van der Waals surface area contributed by atoms with Crippen LogP contribution in [-0.2, 0) is 6.54 Å². The molecule has 5 nitrogen and oxygen atoms in total. The van der Waals surface area contributed by atoms with Crippen molar-refractivity contribution < 1.29 is 4.52 Å². The molecule has 0 radical (unpaired) electrons. The van der Waals surface area contributed by atoms with E-state index in [1.54, 1.807) is 11.3 Å². The summed E-state index contributed by atoms with van der Waals surface area (Å²) in [6, 6.07) is 8.63. The van der Waals surface area contributed by atoms with E-state index in [-0.39, 0.29) is 6.04 Å². The largest absolute Gasteiger partial charge is 0.338 e. The molecule has 0 saturated carbocycles. The molecule has 2 aromatic heterocycles. The zero-order valence-corrected chi connectivity index (χ0v) is 14.7. The Labute approximate surface area is 145 Å². The van der Waals surface area contributed by atoms with Gasteiger partial charge >= 0.3 is 0 Å². The number of hydrogen-bond acceptors (Lipinski definition) is 6. The van der Waals surface area contributed by atoms with Gasteiger partial charge < -0.3 is 4.52 Å². The minimum Gasteiger partial charge on any atom is -0.338 e. The van der Waals surface area contributed by atoms with Crippen LogP contribution < -0.4 is 0 Å². The fourth-order valence-corrected chi connectivity index (χ4v) is 4.29. The highest BCUT2D eigenvalue weighted by Gasteiger charge is 2.30. The first kappa shape index (κ1) is 15.5. The molecule has 1 aliphatic rings. The Kier molecular flexibility index (Phi) is 4.16. The van der Waals surface area contributed by atoms with Crippen molar-refractivity contribution in [3.05, 3.63) is 52.6 Å². The molecule has 1 fully saturated rings. The molecule has 0 aliphatic carbocycles. The molecule has 6 heteroatoms. The lowest BCUT2D eigenvalue weighted by molar-refractivity contribution is 0.202. The lowest BCUT2D eigenvalue weighted by Crippen LogP contribution is -2.22. The number of rotatable bonds is 4. The Morgan fingerprint density at radius 3 is 2.96 bits per heavy atom. The maximum atomic E-state index is 5.39. The van der Waals surface area contributed by atoms with Gasteiger partial charge in [0.2, 0.25) is 5.89 Å². The Morgan fingerprint density at radius 2 is 2.17 bits per heavy atom. The van der Waals surface area contributed by atoms with Crippen LogP contribution in [0.15, 0.2) is 35.0 Å². The van der Waals surface area contributed by atoms with E-state index in [4.69, 9.17) is 4.52 Å². The first-order valence-corrected chi connectivity index (χ1v) is 9.07. The second kappa shape index (κ2) is 6.45. The number of likely N-dealkylation sites (tertiary alicyclic amines) is 1. The molecule has 0 N–H and O–H groups in total. The van der Waals surface area contributed by atoms with Gasteiger partial charge in [0, 0.05) is 23.2 Å². The van der Waals surface area contributed by atoms with Crippen LogP contribution >= 0.6 is 11.3 Å². The molecule has 1 atom stereocenters. The van der Waals surface area contributed by atoms with Gasteiger partial charge in [0.05, 0.1) is 6.04 Å². The lowest BCUT2D eigenvalue weighted by Gasteiger charge is -2.20. The van der Waals surface area contributed by atoms with Crippen molar-refractivity contribution in [1.29, 1.82) is 0 Å². The molecule has 0 unspecified atom stereocenters. The predicted molar refractivity (Wildman–Crippen MR) is 93.7 cm³/mol. The number of nitrogens with zero attached hydrogens (tertiary/aromatic N) is 4. The van der Waals surface area contributed by atoms with Crippen molar-refractivity contribution >= 4 is 11.3 Å². The van der Waals surface area contributed by atoms with Crippen molar-refractivity contribution in [2.75, 3.05) is 6.54 Å². The molecule has 0 bridgehead atoms. The molecule has 124 valence electrons. The van der Waals surface area contributed by atoms with E-state index in [1.165, 1.54) is 16.0 Å². The van der Waals surface area contributed by atoms with Crippen molar-refractivity contribution in [1.82, 2.24) is 20.0 Å². The highest BCUT2D eigenvalue weighted by atomic mass is 32.1. The van der Waals surface area contributed by atoms with Gasteiger partial charge in [-0.05, 0) is 38.8 Å². The Morgan fingerprint density at radius 1 is 1.29 bits per heavy atom. The first-order valence-electron chi connectivity index (χ1n) is 8.25. The van der Waals surface area contributed by atoms with Crippen LogP contribution in [0.25, 0.3) is 10.6 Å². The molecule has 1 aliphatic heterocycles. The summed E-state index contributed by atoms with van der Waals surface area (Å²) < 4.78 is 5.39. The molecular weight excluding hydrogens is 320 g/mol. The fourth-order valence-electron chi connectivity index (χ4n) is 3.26. The minimum atomic E-state index is 0.232. The maximum Gasteiger partial charge on any atom is 0.243 e. The molecule has 0 amide bonds. The van der Waals surface area contributed by atoms with Crippen molar-refractivity contribution in [3.63, 3.8) is 0 Å². The summed E-state index contributed by atoms with van der Waals surface area (Å²) in [5.41, 5.74) is 2.48. The number of aryl methyl sites for hydroxylation is 2. The third-order valence-corrected chi connectivity index (χ3v) is 5.50. The van der Waals surface area contributed by atoms with Crippen LogP contribution in [0.2, 0.25) is 0 Å². The van der Waals surface area contributed by atoms with Gasteiger partial charge in [-0.2, -0.15) is 4.98 Å². The highest BCUT2D eigenvalue weighted by molar-refractivity contribution is 7.15. The van der Waals surface area contributed by atoms with Crippen LogP contribution in [0.5, 0.6) is 0 Å². The molecule has 1 saturated heterocycles. The second-order valence-electron chi connectivity index (χ2n) is 6.25. The molecule has 1 aromatic carbocycles. The topological polar surface area (TPSA) is 55.1 Å². The lowest BCUT2D eigenvalue weighted by atomic mass is 10.1. The maximum absolute atomic E-state index is 5.39. The predicted octanol–water partition coefficient (Wildman–Crippen LogP) is 4.15. The van der Waals surface area contributed by atoms with Gasteiger partial charge in [0.15, 0.2) is 5.82 Å². The highest BCUT2D eigenvalue weighted by Crippen LogP contribution is 2.34. The van der Waals surface area contributed by atoms with Crippen LogP contribution in [0.1, 0.15) is 41.0 Å². The molecular formula is C18H20N4OS. The monoisotopic (exact) mass is 340 g/mol. The van der Waals surface area contributed by atoms with E-state index in [1.807, 2.05) is 13.1 Å². The Bertz CT molecular complexity index is 841. The van der Waals surface area contributed by atoms with Crippen LogP contribution in [0, 0.1) is 13.8 Å². The Balaban J connectivity index is 1.52. The number of benzene rings is 1. The summed E-state index contributed by atoms with van der Waals surface area (Å²) in [6.07, 6.45) is 4.24. The van der Waals surface area contributed by atoms with E-state index in [0.717, 1.165) is 36.8 Å². The second-order valence-corrected chi connectivity index (χ2v) is 7.37. The van der Waals surface area contributed by atoms with Gasteiger partial charge in [0.25, 0.3) is 0 Å². The van der Waals surface area contributed by atoms with Crippen molar-refractivity contribution in [2.24, 2.45) is 0 Å². The smallest absolute Gasteiger partial charge is 0.243 e. The summed E-state index contributed by atoms with van der Waals surface area (Å²) in [4.78, 5) is 12.7. The van der Waals surface area contributed by atoms with Gasteiger partial charge in [0.1, 0.15) is 5.01 Å². The van der Waals surface area contributed by atoms with E-state index >= 15 is 0 Å². The normalized spacial score (nSPS) is 18.3. The minimum absolute atomic E-state index is 0.232. The molecule has 3 aromatic rings. The Hall–Kier alpha value is -2.05. The van der Waals surface area contributed by atoms with Crippen LogP contribution in [0.3, 0.4) is 0 Å². The number of aromatic nitrogens is 3. The van der Waals surface area contributed by atoms with Crippen molar-refractivity contribution in [3.8, 4) is 10.6 Å². The SMILES string of the molecule is Cc1noc([C@H]2CCCN2Cc2cnc(-c3ccccc3C)s2)n1. The van der Waals surface area contributed by atoms with Gasteiger partial charge in [-0.15, -0.1) is 11.3 Å². The molecule has 3 heterocycles. The van der Waals surface area contributed by atoms with Gasteiger partial charge in [-0.1, -0.05) is 29.4 Å². The first-order chi connectivity index (χ1) is 11.7. The fraction of sp³-hybridized carbons (Fsp3) is 0.389. The van der Waals surface area contributed by atoms with E-state index in [0.29, 0.717) is 5.82 Å². The van der Waals surface area contributed by atoms with Crippen LogP contribution in [0.4, 0.5) is 0 Å². The third kappa shape index (κ3) is 2.99. The third-order valence-electron chi connectivity index (χ3n) is 4.48. The average Bonchev–Trinajstić information content (AvgIpc) is 3.29. The van der Waals surface area contributed by atoms with E-state index < -0.39 is 0 Å². The summed E-state index contributed by atoms with van der Waals surface area (Å²) in [7, 11) is 0. The summed E-state index contributed by atoms with van der Waals surface area (Å²) in [6.45, 7) is 5.94. The zero-order valence-electron chi connectivity index (χ0n) is 13.9. The number of hydrogen-bond donors (Lipinski definition) is 0. The van der Waals surface area contributed by atoms with E-state index in [2.05, 4.69) is 51.2 Å². The molecule has 4 rings (SSSR count). The van der Waals surface area contributed by atoms with Gasteiger partial charge in [-0.3, -0.25) is 4.90 Å². The zero-order chi connectivity index (χ0) is 16.5. The molecule has 0 spiro atoms.